The monoisotopic (exact) mass is 434 g/mol. The lowest BCUT2D eigenvalue weighted by molar-refractivity contribution is 1.35. The van der Waals surface area contributed by atoms with E-state index in [4.69, 9.17) is 9.97 Å². The molecule has 7 rings (SSSR count). The standard InChI is InChI=1S/C30H18N4/c1-5-19-7-3-17-31-27(19)23(9-1)25-15-13-21-11-12-22-14-16-26(34-30(22)29(21)33-25)24-10-2-6-20-8-4-18-32-28(20)24/h1-18H. The Bertz CT molecular complexity index is 1730. The molecule has 0 N–H and O–H groups in total. The van der Waals surface area contributed by atoms with E-state index in [9.17, 15) is 0 Å². The van der Waals surface area contributed by atoms with Gasteiger partial charge in [0.2, 0.25) is 0 Å². The van der Waals surface area contributed by atoms with Crippen LogP contribution in [0.4, 0.5) is 0 Å². The number of rotatable bonds is 2. The van der Waals surface area contributed by atoms with Crippen LogP contribution in [-0.4, -0.2) is 19.9 Å². The minimum atomic E-state index is 0.887. The molecule has 0 spiro atoms. The highest BCUT2D eigenvalue weighted by atomic mass is 14.8. The van der Waals surface area contributed by atoms with Crippen LogP contribution >= 0.6 is 0 Å². The van der Waals surface area contributed by atoms with Crippen LogP contribution in [0.2, 0.25) is 0 Å². The van der Waals surface area contributed by atoms with Gasteiger partial charge in [-0.05, 0) is 24.3 Å². The van der Waals surface area contributed by atoms with Crippen LogP contribution in [0.25, 0.3) is 66.1 Å². The van der Waals surface area contributed by atoms with Gasteiger partial charge in [0.05, 0.1) is 33.5 Å². The first-order valence-electron chi connectivity index (χ1n) is 11.2. The Labute approximate surface area is 195 Å². The van der Waals surface area contributed by atoms with Crippen molar-refractivity contribution in [1.29, 1.82) is 0 Å². The van der Waals surface area contributed by atoms with Crippen LogP contribution in [-0.2, 0) is 0 Å². The molecule has 0 saturated heterocycles. The maximum absolute atomic E-state index is 5.10. The summed E-state index contributed by atoms with van der Waals surface area (Å²) in [6.07, 6.45) is 3.66. The summed E-state index contributed by atoms with van der Waals surface area (Å²) in [6, 6.07) is 33.1. The van der Waals surface area contributed by atoms with Crippen molar-refractivity contribution in [3.8, 4) is 22.5 Å². The second kappa shape index (κ2) is 7.42. The molecule has 0 amide bonds. The molecular formula is C30H18N4. The average Bonchev–Trinajstić information content (AvgIpc) is 2.92. The second-order valence-corrected chi connectivity index (χ2v) is 8.36. The second-order valence-electron chi connectivity index (χ2n) is 8.36. The van der Waals surface area contributed by atoms with Gasteiger partial charge in [0.15, 0.2) is 0 Å². The van der Waals surface area contributed by atoms with Gasteiger partial charge >= 0.3 is 0 Å². The highest BCUT2D eigenvalue weighted by Gasteiger charge is 2.12. The van der Waals surface area contributed by atoms with Crippen LogP contribution in [0.5, 0.6) is 0 Å². The third-order valence-electron chi connectivity index (χ3n) is 6.34. The first kappa shape index (κ1) is 18.8. The highest BCUT2D eigenvalue weighted by molar-refractivity contribution is 6.05. The third-order valence-corrected chi connectivity index (χ3v) is 6.34. The number of para-hydroxylation sites is 2. The van der Waals surface area contributed by atoms with E-state index in [2.05, 4.69) is 94.9 Å². The molecule has 0 fully saturated rings. The Balaban J connectivity index is 1.49. The van der Waals surface area contributed by atoms with Crippen molar-refractivity contribution in [1.82, 2.24) is 19.9 Å². The zero-order valence-corrected chi connectivity index (χ0v) is 18.2. The number of nitrogens with zero attached hydrogens (tertiary/aromatic N) is 4. The molecule has 4 heteroatoms. The van der Waals surface area contributed by atoms with E-state index in [0.29, 0.717) is 0 Å². The molecule has 0 radical (unpaired) electrons. The molecule has 0 aliphatic heterocycles. The number of aromatic nitrogens is 4. The van der Waals surface area contributed by atoms with Gasteiger partial charge in [0.25, 0.3) is 0 Å². The maximum atomic E-state index is 5.10. The van der Waals surface area contributed by atoms with E-state index >= 15 is 0 Å². The number of hydrogen-bond donors (Lipinski definition) is 0. The summed E-state index contributed by atoms with van der Waals surface area (Å²) in [6.45, 7) is 0. The summed E-state index contributed by atoms with van der Waals surface area (Å²) < 4.78 is 0. The van der Waals surface area contributed by atoms with Crippen LogP contribution < -0.4 is 0 Å². The van der Waals surface area contributed by atoms with E-state index < -0.39 is 0 Å². The molecule has 4 aromatic heterocycles. The number of benzene rings is 3. The third kappa shape index (κ3) is 2.93. The zero-order chi connectivity index (χ0) is 22.5. The van der Waals surface area contributed by atoms with Gasteiger partial charge < -0.3 is 0 Å². The molecule has 0 saturated carbocycles. The minimum absolute atomic E-state index is 0.887. The van der Waals surface area contributed by atoms with E-state index in [0.717, 1.165) is 66.1 Å². The molecule has 158 valence electrons. The molecule has 0 bridgehead atoms. The first-order chi connectivity index (χ1) is 16.8. The van der Waals surface area contributed by atoms with E-state index in [-0.39, 0.29) is 0 Å². The predicted molar refractivity (Wildman–Crippen MR) is 139 cm³/mol. The number of fused-ring (bicyclic) bond motifs is 5. The summed E-state index contributed by atoms with van der Waals surface area (Å²) in [5.41, 5.74) is 7.50. The van der Waals surface area contributed by atoms with Gasteiger partial charge in [-0.3, -0.25) is 9.97 Å². The van der Waals surface area contributed by atoms with E-state index in [1.54, 1.807) is 0 Å². The fourth-order valence-electron chi connectivity index (χ4n) is 4.69. The molecular weight excluding hydrogens is 416 g/mol. The van der Waals surface area contributed by atoms with Crippen molar-refractivity contribution in [3.05, 3.63) is 109 Å². The molecule has 0 aliphatic rings. The van der Waals surface area contributed by atoms with Crippen LogP contribution in [0, 0.1) is 0 Å². The SMILES string of the molecule is c1cnc2c(-c3ccc4ccc5ccc(-c6cccc7cccnc67)nc5c4n3)cccc2c1. The summed E-state index contributed by atoms with van der Waals surface area (Å²) >= 11 is 0. The van der Waals surface area contributed by atoms with Gasteiger partial charge in [0, 0.05) is 45.1 Å². The van der Waals surface area contributed by atoms with Crippen LogP contribution in [0.1, 0.15) is 0 Å². The molecule has 0 aliphatic carbocycles. The quantitative estimate of drug-likeness (QED) is 0.270. The fourth-order valence-corrected chi connectivity index (χ4v) is 4.69. The first-order valence-corrected chi connectivity index (χ1v) is 11.2. The summed E-state index contributed by atoms with van der Waals surface area (Å²) in [5, 5.41) is 4.32. The van der Waals surface area contributed by atoms with Gasteiger partial charge in [-0.15, -0.1) is 0 Å². The van der Waals surface area contributed by atoms with Gasteiger partial charge in [-0.1, -0.05) is 72.8 Å². The van der Waals surface area contributed by atoms with Crippen molar-refractivity contribution in [3.63, 3.8) is 0 Å². The van der Waals surface area contributed by atoms with Gasteiger partial charge in [0.1, 0.15) is 0 Å². The lowest BCUT2D eigenvalue weighted by atomic mass is 10.0. The van der Waals surface area contributed by atoms with Crippen molar-refractivity contribution in [2.75, 3.05) is 0 Å². The molecule has 0 unspecified atom stereocenters. The Morgan fingerprint density at radius 2 is 0.765 bits per heavy atom. The molecule has 0 atom stereocenters. The highest BCUT2D eigenvalue weighted by Crippen LogP contribution is 2.32. The minimum Gasteiger partial charge on any atom is -0.256 e. The number of pyridine rings is 4. The van der Waals surface area contributed by atoms with Crippen molar-refractivity contribution < 1.29 is 0 Å². The van der Waals surface area contributed by atoms with Crippen molar-refractivity contribution in [2.24, 2.45) is 0 Å². The Morgan fingerprint density at radius 1 is 0.353 bits per heavy atom. The number of hydrogen-bond acceptors (Lipinski definition) is 4. The van der Waals surface area contributed by atoms with E-state index in [1.165, 1.54) is 0 Å². The normalized spacial score (nSPS) is 11.5. The maximum Gasteiger partial charge on any atom is 0.0972 e. The molecule has 34 heavy (non-hydrogen) atoms. The van der Waals surface area contributed by atoms with Crippen LogP contribution in [0.15, 0.2) is 109 Å². The lowest BCUT2D eigenvalue weighted by Gasteiger charge is -2.10. The lowest BCUT2D eigenvalue weighted by Crippen LogP contribution is -1.93. The molecule has 3 aromatic carbocycles. The van der Waals surface area contributed by atoms with Crippen molar-refractivity contribution >= 4 is 43.6 Å². The van der Waals surface area contributed by atoms with Gasteiger partial charge in [-0.25, -0.2) is 9.97 Å². The van der Waals surface area contributed by atoms with E-state index in [1.807, 2.05) is 24.5 Å². The summed E-state index contributed by atoms with van der Waals surface area (Å²) in [5.74, 6) is 0. The average molecular weight is 435 g/mol. The largest absolute Gasteiger partial charge is 0.256 e. The Kier molecular flexibility index (Phi) is 4.11. The Morgan fingerprint density at radius 3 is 1.26 bits per heavy atom. The molecule has 4 heterocycles. The van der Waals surface area contributed by atoms with Crippen molar-refractivity contribution in [2.45, 2.75) is 0 Å². The van der Waals surface area contributed by atoms with Gasteiger partial charge in [-0.2, -0.15) is 0 Å². The molecule has 4 nitrogen and oxygen atoms in total. The Hall–Kier alpha value is -4.70. The van der Waals surface area contributed by atoms with Crippen LogP contribution in [0.3, 0.4) is 0 Å². The topological polar surface area (TPSA) is 51.6 Å². The summed E-state index contributed by atoms with van der Waals surface area (Å²) in [7, 11) is 0. The predicted octanol–water partition coefficient (Wildman–Crippen LogP) is 7.21. The fraction of sp³-hybridized carbons (Fsp3) is 0. The zero-order valence-electron chi connectivity index (χ0n) is 18.2. The summed E-state index contributed by atoms with van der Waals surface area (Å²) in [4.78, 5) is 19.4. The smallest absolute Gasteiger partial charge is 0.0972 e. The molecule has 7 aromatic rings.